The van der Waals surface area contributed by atoms with E-state index in [-0.39, 0.29) is 30.3 Å². The molecule has 1 saturated carbocycles. The van der Waals surface area contributed by atoms with E-state index in [1.165, 1.54) is 16.0 Å². The number of benzene rings is 1. The van der Waals surface area contributed by atoms with Gasteiger partial charge in [-0.15, -0.1) is 11.3 Å². The predicted octanol–water partition coefficient (Wildman–Crippen LogP) is 6.44. The fourth-order valence-corrected chi connectivity index (χ4v) is 6.29. The Morgan fingerprint density at radius 3 is 2.47 bits per heavy atom. The largest absolute Gasteiger partial charge is 0.491 e. The van der Waals surface area contributed by atoms with Crippen molar-refractivity contribution in [3.05, 3.63) is 51.7 Å². The zero-order chi connectivity index (χ0) is 25.7. The highest BCUT2D eigenvalue weighted by atomic mass is 32.1. The number of carbonyl (C=O) groups excluding carboxylic acids is 2. The molecule has 1 fully saturated rings. The normalized spacial score (nSPS) is 18.1. The van der Waals surface area contributed by atoms with Crippen LogP contribution in [0.1, 0.15) is 87.8 Å². The molecule has 0 spiro atoms. The fraction of sp³-hybridized carbons (Fsp3) is 0.600. The highest BCUT2D eigenvalue weighted by Gasteiger charge is 2.35. The number of hydrogen-bond donors (Lipinski definition) is 0. The highest BCUT2D eigenvalue weighted by molar-refractivity contribution is 7.10. The van der Waals surface area contributed by atoms with Crippen LogP contribution in [0.3, 0.4) is 0 Å². The molecular formula is C30H42N2O3S. The van der Waals surface area contributed by atoms with E-state index in [1.54, 1.807) is 11.3 Å². The Balaban J connectivity index is 1.48. The zero-order valence-corrected chi connectivity index (χ0v) is 23.2. The fourth-order valence-electron chi connectivity index (χ4n) is 5.36. The second kappa shape index (κ2) is 12.3. The second-order valence-corrected chi connectivity index (χ2v) is 12.1. The Bertz CT molecular complexity index is 1010. The predicted molar refractivity (Wildman–Crippen MR) is 146 cm³/mol. The van der Waals surface area contributed by atoms with Gasteiger partial charge in [0.25, 0.3) is 0 Å². The monoisotopic (exact) mass is 510 g/mol. The Labute approximate surface area is 220 Å². The first-order valence-electron chi connectivity index (χ1n) is 13.7. The third-order valence-corrected chi connectivity index (χ3v) is 8.68. The number of rotatable bonds is 10. The lowest BCUT2D eigenvalue weighted by atomic mass is 10.00. The van der Waals surface area contributed by atoms with Crippen molar-refractivity contribution in [1.82, 2.24) is 9.80 Å². The minimum atomic E-state index is -0.134. The smallest absolute Gasteiger partial charge is 0.242 e. The van der Waals surface area contributed by atoms with Crippen LogP contribution in [0.15, 0.2) is 35.7 Å². The van der Waals surface area contributed by atoms with Crippen LogP contribution in [0, 0.1) is 11.8 Å². The molecule has 36 heavy (non-hydrogen) atoms. The molecule has 6 heteroatoms. The number of carbonyl (C=O) groups is 2. The maximum atomic E-state index is 13.7. The van der Waals surface area contributed by atoms with Crippen molar-refractivity contribution in [3.8, 4) is 5.75 Å². The molecule has 0 unspecified atom stereocenters. The molecule has 4 rings (SSSR count). The molecule has 0 radical (unpaired) electrons. The molecular weight excluding hydrogens is 468 g/mol. The van der Waals surface area contributed by atoms with Gasteiger partial charge < -0.3 is 14.5 Å². The lowest BCUT2D eigenvalue weighted by molar-refractivity contribution is -0.144. The van der Waals surface area contributed by atoms with Gasteiger partial charge in [-0.05, 0) is 72.2 Å². The van der Waals surface area contributed by atoms with Gasteiger partial charge in [0.1, 0.15) is 12.4 Å². The summed E-state index contributed by atoms with van der Waals surface area (Å²) < 4.78 is 6.23. The molecule has 2 aliphatic rings. The summed E-state index contributed by atoms with van der Waals surface area (Å²) in [5.74, 6) is 2.08. The van der Waals surface area contributed by atoms with Gasteiger partial charge in [0, 0.05) is 23.9 Å². The number of thiophene rings is 1. The van der Waals surface area contributed by atoms with E-state index in [0.29, 0.717) is 31.5 Å². The third-order valence-electron chi connectivity index (χ3n) is 7.69. The lowest BCUT2D eigenvalue weighted by Crippen LogP contribution is -2.49. The van der Waals surface area contributed by atoms with Gasteiger partial charge in [-0.1, -0.05) is 52.7 Å². The van der Waals surface area contributed by atoms with Crippen LogP contribution in [0.4, 0.5) is 0 Å². The first-order valence-corrected chi connectivity index (χ1v) is 14.6. The van der Waals surface area contributed by atoms with Crippen molar-refractivity contribution < 1.29 is 14.3 Å². The summed E-state index contributed by atoms with van der Waals surface area (Å²) in [6.45, 7) is 10.6. The van der Waals surface area contributed by atoms with Crippen LogP contribution in [-0.4, -0.2) is 47.9 Å². The number of ether oxygens (including phenoxy) is 1. The summed E-state index contributed by atoms with van der Waals surface area (Å²) in [4.78, 5) is 32.2. The van der Waals surface area contributed by atoms with Crippen LogP contribution in [0.25, 0.3) is 0 Å². The minimum Gasteiger partial charge on any atom is -0.491 e. The van der Waals surface area contributed by atoms with Crippen LogP contribution in [0.2, 0.25) is 0 Å². The molecule has 5 nitrogen and oxygen atoms in total. The van der Waals surface area contributed by atoms with Gasteiger partial charge in [-0.3, -0.25) is 9.59 Å². The Hall–Kier alpha value is -2.34. The summed E-state index contributed by atoms with van der Waals surface area (Å²) in [5, 5.41) is 2.11. The Kier molecular flexibility index (Phi) is 9.10. The van der Waals surface area contributed by atoms with Gasteiger partial charge in [0.15, 0.2) is 0 Å². The summed E-state index contributed by atoms with van der Waals surface area (Å²) in [5.41, 5.74) is 2.47. The van der Waals surface area contributed by atoms with Crippen molar-refractivity contribution in [2.45, 2.75) is 78.2 Å². The van der Waals surface area contributed by atoms with Gasteiger partial charge >= 0.3 is 0 Å². The Morgan fingerprint density at radius 2 is 1.81 bits per heavy atom. The average molecular weight is 511 g/mol. The lowest BCUT2D eigenvalue weighted by Gasteiger charge is -2.37. The van der Waals surface area contributed by atoms with E-state index < -0.39 is 0 Å². The number of hydrogen-bond acceptors (Lipinski definition) is 4. The van der Waals surface area contributed by atoms with Crippen molar-refractivity contribution in [2.24, 2.45) is 11.8 Å². The number of nitrogens with zero attached hydrogens (tertiary/aromatic N) is 2. The molecule has 2 heterocycles. The maximum absolute atomic E-state index is 13.7. The van der Waals surface area contributed by atoms with E-state index in [0.717, 1.165) is 44.3 Å². The van der Waals surface area contributed by atoms with E-state index in [9.17, 15) is 9.59 Å². The molecule has 2 amide bonds. The van der Waals surface area contributed by atoms with E-state index >= 15 is 0 Å². The topological polar surface area (TPSA) is 49.9 Å². The van der Waals surface area contributed by atoms with Gasteiger partial charge in [0.05, 0.1) is 12.6 Å². The molecule has 1 atom stereocenters. The number of fused-ring (bicyclic) bond motifs is 1. The minimum absolute atomic E-state index is 0.0331. The van der Waals surface area contributed by atoms with Gasteiger partial charge in [-0.25, -0.2) is 0 Å². The van der Waals surface area contributed by atoms with E-state index in [1.807, 2.05) is 21.9 Å². The highest BCUT2D eigenvalue weighted by Crippen LogP contribution is 2.34. The molecule has 1 aromatic carbocycles. The standard InChI is InChI=1S/C30H42N2O3S/c1-21(2)13-16-31(30(34)24-7-5-6-8-24)19-29(33)32-17-14-28-26(15-18-36-28)27(32)20-35-25-11-9-23(10-12-25)22(3)4/h9-12,15,18,21-22,24,27H,5-8,13-14,16-17,19-20H2,1-4H3/t27-/m0/s1. The van der Waals surface area contributed by atoms with Crippen molar-refractivity contribution >= 4 is 23.2 Å². The molecule has 2 aromatic rings. The van der Waals surface area contributed by atoms with Crippen LogP contribution in [0.5, 0.6) is 5.75 Å². The van der Waals surface area contributed by atoms with Crippen LogP contribution >= 0.6 is 11.3 Å². The summed E-state index contributed by atoms with van der Waals surface area (Å²) >= 11 is 1.76. The molecule has 0 saturated heterocycles. The second-order valence-electron chi connectivity index (χ2n) is 11.1. The van der Waals surface area contributed by atoms with Crippen molar-refractivity contribution in [3.63, 3.8) is 0 Å². The molecule has 1 aliphatic carbocycles. The van der Waals surface area contributed by atoms with Crippen molar-refractivity contribution in [2.75, 3.05) is 26.2 Å². The first kappa shape index (κ1) is 26.7. The van der Waals surface area contributed by atoms with Gasteiger partial charge in [0.2, 0.25) is 11.8 Å². The average Bonchev–Trinajstić information content (AvgIpc) is 3.57. The zero-order valence-electron chi connectivity index (χ0n) is 22.4. The molecule has 1 aliphatic heterocycles. The van der Waals surface area contributed by atoms with E-state index in [4.69, 9.17) is 4.74 Å². The maximum Gasteiger partial charge on any atom is 0.242 e. The summed E-state index contributed by atoms with van der Waals surface area (Å²) in [7, 11) is 0. The van der Waals surface area contributed by atoms with E-state index in [2.05, 4.69) is 51.3 Å². The molecule has 0 N–H and O–H groups in total. The van der Waals surface area contributed by atoms with Gasteiger partial charge in [-0.2, -0.15) is 0 Å². The summed E-state index contributed by atoms with van der Waals surface area (Å²) in [6, 6.07) is 10.3. The van der Waals surface area contributed by atoms with Crippen molar-refractivity contribution in [1.29, 1.82) is 0 Å². The molecule has 1 aromatic heterocycles. The summed E-state index contributed by atoms with van der Waals surface area (Å²) in [6.07, 6.45) is 5.93. The number of amides is 2. The van der Waals surface area contributed by atoms with Crippen LogP contribution in [-0.2, 0) is 16.0 Å². The SMILES string of the molecule is CC(C)CCN(CC(=O)N1CCc2sccc2[C@@H]1COc1ccc(C(C)C)cc1)C(=O)C1CCCC1. The quantitative estimate of drug-likeness (QED) is 0.369. The molecule has 196 valence electrons. The third kappa shape index (κ3) is 6.50. The first-order chi connectivity index (χ1) is 17.3. The van der Waals surface area contributed by atoms with Crippen LogP contribution < -0.4 is 4.74 Å². The Morgan fingerprint density at radius 1 is 1.08 bits per heavy atom. The molecule has 0 bridgehead atoms.